The topological polar surface area (TPSA) is 30.7 Å². The van der Waals surface area contributed by atoms with E-state index in [-0.39, 0.29) is 0 Å². The monoisotopic (exact) mass is 691 g/mol. The van der Waals surface area contributed by atoms with Crippen molar-refractivity contribution in [3.8, 4) is 28.3 Å². The second-order valence-corrected chi connectivity index (χ2v) is 15.2. The fraction of sp³-hybridized carbons (Fsp3) is 0.0204. The quantitative estimate of drug-likeness (QED) is 0.181. The van der Waals surface area contributed by atoms with Gasteiger partial charge in [0.05, 0.1) is 27.7 Å². The Morgan fingerprint density at radius 3 is 1.92 bits per heavy atom. The maximum Gasteiger partial charge on any atom is 0.235 e. The van der Waals surface area contributed by atoms with Gasteiger partial charge in [-0.3, -0.25) is 4.57 Å². The van der Waals surface area contributed by atoms with Gasteiger partial charge in [0.1, 0.15) is 0 Å². The van der Waals surface area contributed by atoms with Gasteiger partial charge in [-0.15, -0.1) is 0 Å². The summed E-state index contributed by atoms with van der Waals surface area (Å²) in [6.45, 7) is 0. The molecule has 12 rings (SSSR count). The Morgan fingerprint density at radius 1 is 0.434 bits per heavy atom. The molecule has 0 N–H and O–H groups in total. The molecule has 0 bridgehead atoms. The van der Waals surface area contributed by atoms with Gasteiger partial charge in [-0.25, -0.2) is 9.97 Å². The van der Waals surface area contributed by atoms with E-state index in [0.717, 1.165) is 33.2 Å². The van der Waals surface area contributed by atoms with Crippen molar-refractivity contribution in [2.24, 2.45) is 0 Å². The van der Waals surface area contributed by atoms with E-state index in [1.807, 2.05) is 11.8 Å². The highest BCUT2D eigenvalue weighted by atomic mass is 32.2. The zero-order valence-corrected chi connectivity index (χ0v) is 29.3. The summed E-state index contributed by atoms with van der Waals surface area (Å²) in [5.74, 6) is 0.670. The Labute approximate surface area is 310 Å². The molecule has 1 aliphatic carbocycles. The molecule has 53 heavy (non-hydrogen) atoms. The Hall–Kier alpha value is -6.49. The van der Waals surface area contributed by atoms with E-state index < -0.39 is 5.41 Å². The van der Waals surface area contributed by atoms with E-state index in [0.29, 0.717) is 5.95 Å². The van der Waals surface area contributed by atoms with Crippen molar-refractivity contribution < 1.29 is 0 Å². The molecule has 1 spiro atoms. The third kappa shape index (κ3) is 3.91. The highest BCUT2D eigenvalue weighted by molar-refractivity contribution is 7.99. The fourth-order valence-electron chi connectivity index (χ4n) is 9.25. The van der Waals surface area contributed by atoms with Crippen LogP contribution in [0, 0.1) is 0 Å². The van der Waals surface area contributed by atoms with Crippen molar-refractivity contribution in [3.63, 3.8) is 0 Å². The molecule has 1 aliphatic heterocycles. The minimum atomic E-state index is -0.472. The van der Waals surface area contributed by atoms with Crippen LogP contribution in [0.25, 0.3) is 71.8 Å². The average molecular weight is 692 g/mol. The van der Waals surface area contributed by atoms with Crippen LogP contribution in [-0.4, -0.2) is 14.5 Å². The third-order valence-electron chi connectivity index (χ3n) is 11.5. The summed E-state index contributed by atoms with van der Waals surface area (Å²) in [5.41, 5.74) is 12.5. The van der Waals surface area contributed by atoms with Crippen molar-refractivity contribution in [3.05, 3.63) is 198 Å². The first-order valence-electron chi connectivity index (χ1n) is 18.1. The molecule has 0 fully saturated rings. The van der Waals surface area contributed by atoms with Crippen LogP contribution >= 0.6 is 11.8 Å². The van der Waals surface area contributed by atoms with E-state index in [2.05, 4.69) is 180 Å². The summed E-state index contributed by atoms with van der Waals surface area (Å²) in [7, 11) is 0. The SMILES string of the molecule is c1ccc2c(c1)Sc1cc3c4ccccc4n(-c4nc(-c5ccc6ccccc6c5)c5ccccc5n4)c3cc1C21c2ccccc2-c2ccccc21. The van der Waals surface area contributed by atoms with Crippen LogP contribution in [0.15, 0.2) is 186 Å². The number of nitrogens with zero attached hydrogens (tertiary/aromatic N) is 3. The van der Waals surface area contributed by atoms with Crippen molar-refractivity contribution in [1.82, 2.24) is 14.5 Å². The molecule has 10 aromatic rings. The summed E-state index contributed by atoms with van der Waals surface area (Å²) in [5, 5.41) is 5.83. The van der Waals surface area contributed by atoms with Crippen LogP contribution in [0.4, 0.5) is 0 Å². The number of rotatable bonds is 2. The van der Waals surface area contributed by atoms with Gasteiger partial charge in [-0.1, -0.05) is 151 Å². The zero-order chi connectivity index (χ0) is 34.7. The summed E-state index contributed by atoms with van der Waals surface area (Å²) in [6, 6.07) is 64.1. The van der Waals surface area contributed by atoms with Crippen molar-refractivity contribution >= 4 is 55.2 Å². The van der Waals surface area contributed by atoms with Gasteiger partial charge < -0.3 is 0 Å². The minimum absolute atomic E-state index is 0.472. The second kappa shape index (κ2) is 10.8. The summed E-state index contributed by atoms with van der Waals surface area (Å²) >= 11 is 1.88. The highest BCUT2D eigenvalue weighted by Crippen LogP contribution is 2.62. The molecule has 0 unspecified atom stereocenters. The lowest BCUT2D eigenvalue weighted by atomic mass is 9.67. The molecule has 0 radical (unpaired) electrons. The molecule has 0 atom stereocenters. The second-order valence-electron chi connectivity index (χ2n) is 14.1. The smallest absolute Gasteiger partial charge is 0.235 e. The standard InChI is InChI=1S/C49H29N3S/c1-2-14-31-27-32(26-25-30(31)13-1)47-36-18-5-10-22-42(36)50-48(51-47)52-43-23-11-6-17-35(43)37-28-46-41(29-44(37)52)49(40-21-9-12-24-45(40)53-46)38-19-7-3-15-33(38)34-16-4-8-20-39(34)49/h1-29H. The van der Waals surface area contributed by atoms with Gasteiger partial charge in [-0.2, -0.15) is 0 Å². The first-order chi connectivity index (χ1) is 26.3. The van der Waals surface area contributed by atoms with E-state index in [1.54, 1.807) is 0 Å². The number of benzene rings is 8. The Bertz CT molecular complexity index is 3130. The maximum atomic E-state index is 5.48. The van der Waals surface area contributed by atoms with E-state index in [1.165, 1.54) is 64.7 Å². The maximum absolute atomic E-state index is 5.48. The number of aromatic nitrogens is 3. The first kappa shape index (κ1) is 29.1. The number of fused-ring (bicyclic) bond motifs is 14. The van der Waals surface area contributed by atoms with Crippen molar-refractivity contribution in [1.29, 1.82) is 0 Å². The summed E-state index contributed by atoms with van der Waals surface area (Å²) < 4.78 is 2.30. The molecule has 3 nitrogen and oxygen atoms in total. The lowest BCUT2D eigenvalue weighted by Gasteiger charge is -2.39. The third-order valence-corrected chi connectivity index (χ3v) is 12.6. The van der Waals surface area contributed by atoms with E-state index >= 15 is 0 Å². The van der Waals surface area contributed by atoms with Crippen LogP contribution in [0.5, 0.6) is 0 Å². The van der Waals surface area contributed by atoms with Gasteiger partial charge in [0.25, 0.3) is 0 Å². The van der Waals surface area contributed by atoms with Gasteiger partial charge in [0.15, 0.2) is 0 Å². The Balaban J connectivity index is 1.20. The molecule has 2 aromatic heterocycles. The molecule has 246 valence electrons. The number of hydrogen-bond acceptors (Lipinski definition) is 3. The molecular weight excluding hydrogens is 663 g/mol. The summed E-state index contributed by atoms with van der Waals surface area (Å²) in [4.78, 5) is 13.4. The van der Waals surface area contributed by atoms with Crippen LogP contribution < -0.4 is 0 Å². The van der Waals surface area contributed by atoms with E-state index in [4.69, 9.17) is 9.97 Å². The van der Waals surface area contributed by atoms with Crippen LogP contribution in [0.3, 0.4) is 0 Å². The molecule has 0 saturated carbocycles. The minimum Gasteiger partial charge on any atom is -0.278 e. The van der Waals surface area contributed by atoms with Gasteiger partial charge >= 0.3 is 0 Å². The lowest BCUT2D eigenvalue weighted by Crippen LogP contribution is -2.32. The summed E-state index contributed by atoms with van der Waals surface area (Å²) in [6.07, 6.45) is 0. The largest absolute Gasteiger partial charge is 0.278 e. The van der Waals surface area contributed by atoms with Gasteiger partial charge in [0.2, 0.25) is 5.95 Å². The van der Waals surface area contributed by atoms with Gasteiger partial charge in [0, 0.05) is 31.5 Å². The molecule has 4 heteroatoms. The molecule has 2 aliphatic rings. The lowest BCUT2D eigenvalue weighted by molar-refractivity contribution is 0.723. The van der Waals surface area contributed by atoms with Crippen LogP contribution in [0.1, 0.15) is 22.3 Å². The molecule has 0 saturated heterocycles. The fourth-order valence-corrected chi connectivity index (χ4v) is 10.5. The first-order valence-corrected chi connectivity index (χ1v) is 18.9. The van der Waals surface area contributed by atoms with Crippen molar-refractivity contribution in [2.75, 3.05) is 0 Å². The molecular formula is C49H29N3S. The van der Waals surface area contributed by atoms with Crippen molar-refractivity contribution in [2.45, 2.75) is 15.2 Å². The number of hydrogen-bond donors (Lipinski definition) is 0. The average Bonchev–Trinajstić information content (AvgIpc) is 3.70. The Morgan fingerprint density at radius 2 is 1.09 bits per heavy atom. The van der Waals surface area contributed by atoms with Crippen LogP contribution in [-0.2, 0) is 5.41 Å². The molecule has 0 amide bonds. The molecule has 3 heterocycles. The Kier molecular flexibility index (Phi) is 5.92. The highest BCUT2D eigenvalue weighted by Gasteiger charge is 2.50. The molecule has 8 aromatic carbocycles. The zero-order valence-electron chi connectivity index (χ0n) is 28.5. The predicted octanol–water partition coefficient (Wildman–Crippen LogP) is 12.4. The van der Waals surface area contributed by atoms with E-state index in [9.17, 15) is 0 Å². The normalized spacial score (nSPS) is 13.7. The van der Waals surface area contributed by atoms with Gasteiger partial charge in [-0.05, 0) is 80.6 Å². The van der Waals surface area contributed by atoms with Crippen LogP contribution in [0.2, 0.25) is 0 Å². The predicted molar refractivity (Wildman–Crippen MR) is 218 cm³/mol. The number of para-hydroxylation sites is 2.